The summed E-state index contributed by atoms with van der Waals surface area (Å²) < 4.78 is 1.53. The maximum atomic E-state index is 12.2. The summed E-state index contributed by atoms with van der Waals surface area (Å²) in [7, 11) is 0. The van der Waals surface area contributed by atoms with Crippen LogP contribution in [0.2, 0.25) is 0 Å². The molecule has 1 aromatic heterocycles. The third kappa shape index (κ3) is 3.18. The van der Waals surface area contributed by atoms with E-state index in [1.54, 1.807) is 4.90 Å². The van der Waals surface area contributed by atoms with Crippen molar-refractivity contribution in [3.05, 3.63) is 42.1 Å². The summed E-state index contributed by atoms with van der Waals surface area (Å²) in [5.74, 6) is 0.165. The number of nitrogen functional groups attached to an aromatic ring is 1. The lowest BCUT2D eigenvalue weighted by atomic mass is 10.3. The molecule has 23 heavy (non-hydrogen) atoms. The standard InChI is InChI=1S/C16H19N5O2/c17-15-13(11-19-21(15)12-5-2-1-3-6-12)16(23)18-8-10-20-9-4-7-14(20)22/h1-3,5-6,11H,4,7-10,17H2,(H,18,23). The van der Waals surface area contributed by atoms with Crippen LogP contribution in [0.25, 0.3) is 5.69 Å². The molecule has 0 bridgehead atoms. The van der Waals surface area contributed by atoms with Gasteiger partial charge in [0.25, 0.3) is 5.91 Å². The Morgan fingerprint density at radius 2 is 2.09 bits per heavy atom. The summed E-state index contributed by atoms with van der Waals surface area (Å²) in [6.07, 6.45) is 2.95. The van der Waals surface area contributed by atoms with Crippen LogP contribution < -0.4 is 11.1 Å². The van der Waals surface area contributed by atoms with Gasteiger partial charge >= 0.3 is 0 Å². The van der Waals surface area contributed by atoms with Gasteiger partial charge in [-0.25, -0.2) is 4.68 Å². The molecule has 1 saturated heterocycles. The van der Waals surface area contributed by atoms with Crippen LogP contribution in [0.3, 0.4) is 0 Å². The third-order valence-corrected chi connectivity index (χ3v) is 3.89. The highest BCUT2D eigenvalue weighted by Gasteiger charge is 2.20. The fourth-order valence-electron chi connectivity index (χ4n) is 2.65. The summed E-state index contributed by atoms with van der Waals surface area (Å²) in [5, 5.41) is 6.96. The number of nitrogens with two attached hydrogens (primary N) is 1. The number of carbonyl (C=O) groups is 2. The van der Waals surface area contributed by atoms with Crippen molar-refractivity contribution in [2.75, 3.05) is 25.4 Å². The molecule has 1 aliphatic heterocycles. The first kappa shape index (κ1) is 15.1. The minimum Gasteiger partial charge on any atom is -0.383 e. The van der Waals surface area contributed by atoms with E-state index in [2.05, 4.69) is 10.4 Å². The second-order valence-corrected chi connectivity index (χ2v) is 5.43. The molecule has 0 saturated carbocycles. The van der Waals surface area contributed by atoms with E-state index in [1.165, 1.54) is 10.9 Å². The number of carbonyl (C=O) groups excluding carboxylic acids is 2. The van der Waals surface area contributed by atoms with Crippen LogP contribution in [-0.4, -0.2) is 46.1 Å². The lowest BCUT2D eigenvalue weighted by molar-refractivity contribution is -0.127. The van der Waals surface area contributed by atoms with Crippen molar-refractivity contribution in [3.8, 4) is 5.69 Å². The summed E-state index contributed by atoms with van der Waals surface area (Å²) in [4.78, 5) is 25.5. The van der Waals surface area contributed by atoms with Crippen molar-refractivity contribution in [1.82, 2.24) is 20.0 Å². The fraction of sp³-hybridized carbons (Fsp3) is 0.312. The molecule has 0 aliphatic carbocycles. The van der Waals surface area contributed by atoms with Gasteiger partial charge in [0.15, 0.2) is 0 Å². The topological polar surface area (TPSA) is 93.2 Å². The maximum absolute atomic E-state index is 12.2. The molecular formula is C16H19N5O2. The molecular weight excluding hydrogens is 294 g/mol. The zero-order valence-electron chi connectivity index (χ0n) is 12.7. The highest BCUT2D eigenvalue weighted by Crippen LogP contribution is 2.16. The molecule has 7 nitrogen and oxygen atoms in total. The van der Waals surface area contributed by atoms with Crippen molar-refractivity contribution in [3.63, 3.8) is 0 Å². The van der Waals surface area contributed by atoms with E-state index in [1.807, 2.05) is 30.3 Å². The average Bonchev–Trinajstić information content (AvgIpc) is 3.14. The summed E-state index contributed by atoms with van der Waals surface area (Å²) in [6.45, 7) is 1.70. The van der Waals surface area contributed by atoms with Crippen LogP contribution in [0.15, 0.2) is 36.5 Å². The first-order valence-electron chi connectivity index (χ1n) is 7.61. The number of aromatic nitrogens is 2. The van der Waals surface area contributed by atoms with Gasteiger partial charge in [-0.15, -0.1) is 0 Å². The third-order valence-electron chi connectivity index (χ3n) is 3.89. The number of nitrogens with zero attached hydrogens (tertiary/aromatic N) is 3. The zero-order chi connectivity index (χ0) is 16.2. The Balaban J connectivity index is 1.62. The first-order chi connectivity index (χ1) is 11.2. The van der Waals surface area contributed by atoms with Crippen molar-refractivity contribution in [2.45, 2.75) is 12.8 Å². The van der Waals surface area contributed by atoms with Crippen LogP contribution in [0.5, 0.6) is 0 Å². The first-order valence-corrected chi connectivity index (χ1v) is 7.61. The highest BCUT2D eigenvalue weighted by molar-refractivity contribution is 5.98. The van der Waals surface area contributed by atoms with E-state index in [4.69, 9.17) is 5.73 Å². The van der Waals surface area contributed by atoms with Gasteiger partial charge in [0.05, 0.1) is 11.9 Å². The quantitative estimate of drug-likeness (QED) is 0.854. The van der Waals surface area contributed by atoms with Gasteiger partial charge in [-0.3, -0.25) is 9.59 Å². The number of hydrogen-bond acceptors (Lipinski definition) is 4. The van der Waals surface area contributed by atoms with Gasteiger partial charge in [0.1, 0.15) is 11.4 Å². The number of amides is 2. The molecule has 1 aromatic carbocycles. The maximum Gasteiger partial charge on any atom is 0.256 e. The number of rotatable bonds is 5. The Morgan fingerprint density at radius 3 is 2.78 bits per heavy atom. The molecule has 0 unspecified atom stereocenters. The Hall–Kier alpha value is -2.83. The molecule has 7 heteroatoms. The molecule has 2 amide bonds. The Kier molecular flexibility index (Phi) is 4.27. The molecule has 120 valence electrons. The van der Waals surface area contributed by atoms with E-state index in [0.29, 0.717) is 30.9 Å². The molecule has 0 atom stereocenters. The highest BCUT2D eigenvalue weighted by atomic mass is 16.2. The van der Waals surface area contributed by atoms with Gasteiger partial charge in [-0.2, -0.15) is 5.10 Å². The van der Waals surface area contributed by atoms with Gasteiger partial charge in [-0.1, -0.05) is 18.2 Å². The van der Waals surface area contributed by atoms with Gasteiger partial charge in [0.2, 0.25) is 5.91 Å². The van der Waals surface area contributed by atoms with Crippen molar-refractivity contribution < 1.29 is 9.59 Å². The number of likely N-dealkylation sites (tertiary alicyclic amines) is 1. The lowest BCUT2D eigenvalue weighted by Crippen LogP contribution is -2.35. The van der Waals surface area contributed by atoms with Gasteiger partial charge in [0, 0.05) is 26.1 Å². The van der Waals surface area contributed by atoms with Crippen LogP contribution in [0.1, 0.15) is 23.2 Å². The Bertz CT molecular complexity index is 711. The second kappa shape index (κ2) is 6.51. The monoisotopic (exact) mass is 313 g/mol. The molecule has 0 radical (unpaired) electrons. The lowest BCUT2D eigenvalue weighted by Gasteiger charge is -2.15. The number of benzene rings is 1. The second-order valence-electron chi connectivity index (χ2n) is 5.43. The summed E-state index contributed by atoms with van der Waals surface area (Å²) >= 11 is 0. The number of hydrogen-bond donors (Lipinski definition) is 2. The largest absolute Gasteiger partial charge is 0.383 e. The smallest absolute Gasteiger partial charge is 0.256 e. The predicted molar refractivity (Wildman–Crippen MR) is 86.1 cm³/mol. The summed E-state index contributed by atoms with van der Waals surface area (Å²) in [5.41, 5.74) is 7.16. The molecule has 2 aromatic rings. The SMILES string of the molecule is Nc1c(C(=O)NCCN2CCCC2=O)cnn1-c1ccccc1. The van der Waals surface area contributed by atoms with E-state index in [-0.39, 0.29) is 11.8 Å². The molecule has 1 fully saturated rings. The normalized spacial score (nSPS) is 14.3. The molecule has 0 spiro atoms. The van der Waals surface area contributed by atoms with Crippen molar-refractivity contribution in [1.29, 1.82) is 0 Å². The molecule has 2 heterocycles. The van der Waals surface area contributed by atoms with Gasteiger partial charge < -0.3 is 16.0 Å². The number of para-hydroxylation sites is 1. The van der Waals surface area contributed by atoms with Crippen LogP contribution in [0.4, 0.5) is 5.82 Å². The van der Waals surface area contributed by atoms with E-state index in [9.17, 15) is 9.59 Å². The van der Waals surface area contributed by atoms with Crippen LogP contribution in [-0.2, 0) is 4.79 Å². The zero-order valence-corrected chi connectivity index (χ0v) is 12.7. The summed E-state index contributed by atoms with van der Waals surface area (Å²) in [6, 6.07) is 9.39. The number of anilines is 1. The van der Waals surface area contributed by atoms with Crippen LogP contribution >= 0.6 is 0 Å². The molecule has 3 N–H and O–H groups in total. The van der Waals surface area contributed by atoms with Gasteiger partial charge in [-0.05, 0) is 18.6 Å². The predicted octanol–water partition coefficient (Wildman–Crippen LogP) is 0.807. The Morgan fingerprint density at radius 1 is 1.30 bits per heavy atom. The minimum absolute atomic E-state index is 0.149. The van der Waals surface area contributed by atoms with Crippen LogP contribution in [0, 0.1) is 0 Å². The van der Waals surface area contributed by atoms with Crippen molar-refractivity contribution in [2.24, 2.45) is 0 Å². The Labute approximate surface area is 134 Å². The van der Waals surface area contributed by atoms with E-state index < -0.39 is 0 Å². The minimum atomic E-state index is -0.281. The molecule has 1 aliphatic rings. The van der Waals surface area contributed by atoms with Crippen molar-refractivity contribution >= 4 is 17.6 Å². The molecule has 3 rings (SSSR count). The average molecular weight is 313 g/mol. The van der Waals surface area contributed by atoms with E-state index >= 15 is 0 Å². The fourth-order valence-corrected chi connectivity index (χ4v) is 2.65. The number of nitrogens with one attached hydrogen (secondary N) is 1. The van der Waals surface area contributed by atoms with E-state index in [0.717, 1.165) is 18.7 Å².